The fourth-order valence-electron chi connectivity index (χ4n) is 2.74. The van der Waals surface area contributed by atoms with Crippen molar-refractivity contribution in [2.75, 3.05) is 13.2 Å². The lowest BCUT2D eigenvalue weighted by atomic mass is 10.2. The number of nitrogens with zero attached hydrogens (tertiary/aromatic N) is 1. The van der Waals surface area contributed by atoms with Gasteiger partial charge < -0.3 is 19.2 Å². The summed E-state index contributed by atoms with van der Waals surface area (Å²) in [4.78, 5) is 16.7. The van der Waals surface area contributed by atoms with Crippen molar-refractivity contribution in [3.63, 3.8) is 0 Å². The van der Waals surface area contributed by atoms with Crippen molar-refractivity contribution >= 4 is 28.8 Å². The number of furan rings is 1. The summed E-state index contributed by atoms with van der Waals surface area (Å²) in [5.74, 6) is 2.60. The summed E-state index contributed by atoms with van der Waals surface area (Å²) in [5, 5.41) is 6.00. The molecule has 1 aliphatic rings. The molecule has 1 aromatic carbocycles. The van der Waals surface area contributed by atoms with Gasteiger partial charge in [-0.3, -0.25) is 4.79 Å². The number of nitrogens with one attached hydrogen (secondary N) is 1. The summed E-state index contributed by atoms with van der Waals surface area (Å²) >= 11 is 7.68. The molecule has 0 unspecified atom stereocenters. The van der Waals surface area contributed by atoms with Crippen LogP contribution in [0.4, 0.5) is 0 Å². The first-order valence-electron chi connectivity index (χ1n) is 8.44. The maximum Gasteiger partial charge on any atom is 0.226 e. The minimum Gasteiger partial charge on any atom is -0.486 e. The molecule has 3 aromatic rings. The minimum atomic E-state index is -0.117. The molecule has 0 aliphatic carbocycles. The lowest BCUT2D eigenvalue weighted by Crippen LogP contribution is -2.25. The summed E-state index contributed by atoms with van der Waals surface area (Å²) in [5.41, 5.74) is 1.56. The molecule has 0 spiro atoms. The first kappa shape index (κ1) is 17.9. The zero-order chi connectivity index (χ0) is 18.8. The zero-order valence-electron chi connectivity index (χ0n) is 14.6. The van der Waals surface area contributed by atoms with Crippen molar-refractivity contribution in [2.24, 2.45) is 0 Å². The highest BCUT2D eigenvalue weighted by Gasteiger charge is 2.17. The van der Waals surface area contributed by atoms with Gasteiger partial charge in [0.1, 0.15) is 19.0 Å². The van der Waals surface area contributed by atoms with Crippen molar-refractivity contribution in [3.8, 4) is 22.3 Å². The Balaban J connectivity index is 1.36. The Labute approximate surface area is 165 Å². The molecule has 1 aliphatic heterocycles. The number of ether oxygens (including phenoxy) is 2. The van der Waals surface area contributed by atoms with Crippen LogP contribution in [0.25, 0.3) is 10.8 Å². The van der Waals surface area contributed by atoms with E-state index in [1.165, 1.54) is 11.3 Å². The molecule has 4 rings (SSSR count). The van der Waals surface area contributed by atoms with Crippen LogP contribution in [-0.4, -0.2) is 24.1 Å². The van der Waals surface area contributed by atoms with Crippen LogP contribution >= 0.6 is 22.9 Å². The molecule has 8 heteroatoms. The maximum atomic E-state index is 12.3. The number of hydrogen-bond acceptors (Lipinski definition) is 6. The SMILES string of the molecule is Cc1ccc(-c2nc(CC(=O)NCc3cc(Cl)c4c(c3)OCCO4)cs2)o1. The van der Waals surface area contributed by atoms with Crippen LogP contribution in [-0.2, 0) is 17.8 Å². The van der Waals surface area contributed by atoms with Crippen molar-refractivity contribution < 1.29 is 18.7 Å². The molecule has 0 bridgehead atoms. The van der Waals surface area contributed by atoms with Gasteiger partial charge in [-0.2, -0.15) is 0 Å². The molecule has 0 radical (unpaired) electrons. The van der Waals surface area contributed by atoms with E-state index in [2.05, 4.69) is 10.3 Å². The molecule has 0 fully saturated rings. The second kappa shape index (κ2) is 7.62. The Morgan fingerprint density at radius 1 is 1.30 bits per heavy atom. The van der Waals surface area contributed by atoms with Gasteiger partial charge in [0.05, 0.1) is 17.1 Å². The highest BCUT2D eigenvalue weighted by atomic mass is 35.5. The molecule has 3 heterocycles. The standard InChI is InChI=1S/C19H17ClN2O4S/c1-11-2-3-15(26-11)19-22-13(10-27-19)8-17(23)21-9-12-6-14(20)18-16(7-12)24-4-5-25-18/h2-3,6-7,10H,4-5,8-9H2,1H3,(H,21,23). The van der Waals surface area contributed by atoms with Gasteiger partial charge in [-0.25, -0.2) is 4.98 Å². The van der Waals surface area contributed by atoms with E-state index in [1.807, 2.05) is 30.5 Å². The first-order valence-corrected chi connectivity index (χ1v) is 9.70. The third kappa shape index (κ3) is 4.09. The number of thiazole rings is 1. The molecule has 2 aromatic heterocycles. The van der Waals surface area contributed by atoms with E-state index in [9.17, 15) is 4.79 Å². The third-order valence-electron chi connectivity index (χ3n) is 3.99. The Kier molecular flexibility index (Phi) is 5.05. The van der Waals surface area contributed by atoms with Gasteiger partial charge in [0.25, 0.3) is 0 Å². The zero-order valence-corrected chi connectivity index (χ0v) is 16.2. The van der Waals surface area contributed by atoms with Crippen molar-refractivity contribution in [3.05, 3.63) is 51.7 Å². The highest BCUT2D eigenvalue weighted by Crippen LogP contribution is 2.38. The number of benzene rings is 1. The van der Waals surface area contributed by atoms with Crippen molar-refractivity contribution in [1.82, 2.24) is 10.3 Å². The van der Waals surface area contributed by atoms with E-state index in [4.69, 9.17) is 25.5 Å². The number of hydrogen-bond donors (Lipinski definition) is 1. The fourth-order valence-corrected chi connectivity index (χ4v) is 3.81. The van der Waals surface area contributed by atoms with Crippen LogP contribution in [0.1, 0.15) is 17.0 Å². The van der Waals surface area contributed by atoms with Crippen LogP contribution in [0.15, 0.2) is 34.1 Å². The molecule has 0 atom stereocenters. The van der Waals surface area contributed by atoms with Gasteiger partial charge in [0, 0.05) is 11.9 Å². The molecule has 1 amide bonds. The number of rotatable bonds is 5. The molecule has 0 saturated heterocycles. The van der Waals surface area contributed by atoms with Crippen LogP contribution in [0, 0.1) is 6.92 Å². The lowest BCUT2D eigenvalue weighted by molar-refractivity contribution is -0.120. The fraction of sp³-hybridized carbons (Fsp3) is 0.263. The second-order valence-corrected chi connectivity index (χ2v) is 7.37. The molecular weight excluding hydrogens is 388 g/mol. The Morgan fingerprint density at radius 3 is 2.96 bits per heavy atom. The second-order valence-electron chi connectivity index (χ2n) is 6.11. The predicted molar refractivity (Wildman–Crippen MR) is 103 cm³/mol. The average molecular weight is 405 g/mol. The van der Waals surface area contributed by atoms with E-state index in [0.29, 0.717) is 42.0 Å². The number of carbonyl (C=O) groups is 1. The summed E-state index contributed by atoms with van der Waals surface area (Å²) in [6, 6.07) is 7.38. The van der Waals surface area contributed by atoms with E-state index in [0.717, 1.165) is 22.1 Å². The maximum absolute atomic E-state index is 12.3. The van der Waals surface area contributed by atoms with E-state index < -0.39 is 0 Å². The van der Waals surface area contributed by atoms with Crippen LogP contribution in [0.5, 0.6) is 11.5 Å². The summed E-state index contributed by atoms with van der Waals surface area (Å²) in [6.07, 6.45) is 0.203. The molecule has 0 saturated carbocycles. The largest absolute Gasteiger partial charge is 0.486 e. The lowest BCUT2D eigenvalue weighted by Gasteiger charge is -2.20. The van der Waals surface area contributed by atoms with Gasteiger partial charge in [-0.1, -0.05) is 11.6 Å². The van der Waals surface area contributed by atoms with Crippen LogP contribution in [0.2, 0.25) is 5.02 Å². The topological polar surface area (TPSA) is 73.6 Å². The van der Waals surface area contributed by atoms with Crippen LogP contribution < -0.4 is 14.8 Å². The first-order chi connectivity index (χ1) is 13.1. The van der Waals surface area contributed by atoms with Gasteiger partial charge in [0.15, 0.2) is 22.3 Å². The minimum absolute atomic E-state index is 0.117. The number of carbonyl (C=O) groups excluding carboxylic acids is 1. The van der Waals surface area contributed by atoms with Gasteiger partial charge in [-0.05, 0) is 36.8 Å². The number of aryl methyl sites for hydroxylation is 1. The average Bonchev–Trinajstić information content (AvgIpc) is 3.29. The molecule has 1 N–H and O–H groups in total. The smallest absolute Gasteiger partial charge is 0.226 e. The van der Waals surface area contributed by atoms with Gasteiger partial charge in [-0.15, -0.1) is 11.3 Å². The number of fused-ring (bicyclic) bond motifs is 1. The Morgan fingerprint density at radius 2 is 2.15 bits per heavy atom. The normalized spacial score (nSPS) is 12.8. The number of aromatic nitrogens is 1. The molecule has 140 valence electrons. The predicted octanol–water partition coefficient (Wildman–Crippen LogP) is 4.00. The number of halogens is 1. The Hall–Kier alpha value is -2.51. The van der Waals surface area contributed by atoms with Crippen LogP contribution in [0.3, 0.4) is 0 Å². The van der Waals surface area contributed by atoms with E-state index in [1.54, 1.807) is 6.07 Å². The highest BCUT2D eigenvalue weighted by molar-refractivity contribution is 7.13. The quantitative estimate of drug-likeness (QED) is 0.695. The van der Waals surface area contributed by atoms with Crippen molar-refractivity contribution in [2.45, 2.75) is 19.9 Å². The molecule has 6 nitrogen and oxygen atoms in total. The summed E-state index contributed by atoms with van der Waals surface area (Å²) in [6.45, 7) is 3.20. The Bertz CT molecular complexity index is 982. The van der Waals surface area contributed by atoms with Gasteiger partial charge in [0.2, 0.25) is 5.91 Å². The van der Waals surface area contributed by atoms with E-state index >= 15 is 0 Å². The molecular formula is C19H17ClN2O4S. The third-order valence-corrected chi connectivity index (χ3v) is 5.18. The summed E-state index contributed by atoms with van der Waals surface area (Å²) < 4.78 is 16.6. The monoisotopic (exact) mass is 404 g/mol. The van der Waals surface area contributed by atoms with Crippen molar-refractivity contribution in [1.29, 1.82) is 0 Å². The van der Waals surface area contributed by atoms with E-state index in [-0.39, 0.29) is 12.3 Å². The summed E-state index contributed by atoms with van der Waals surface area (Å²) in [7, 11) is 0. The number of amides is 1. The van der Waals surface area contributed by atoms with Gasteiger partial charge >= 0.3 is 0 Å². The molecule has 27 heavy (non-hydrogen) atoms.